The van der Waals surface area contributed by atoms with E-state index in [-0.39, 0.29) is 12.5 Å². The highest BCUT2D eigenvalue weighted by Crippen LogP contribution is 2.19. The summed E-state index contributed by atoms with van der Waals surface area (Å²) >= 11 is 0. The number of aryl methyl sites for hydroxylation is 1. The maximum Gasteiger partial charge on any atom is 0.216 e. The lowest BCUT2D eigenvalue weighted by Gasteiger charge is -2.24. The first kappa shape index (κ1) is 11.7. The van der Waals surface area contributed by atoms with Crippen LogP contribution in [0.25, 0.3) is 0 Å². The van der Waals surface area contributed by atoms with E-state index < -0.39 is 5.60 Å². The van der Waals surface area contributed by atoms with Crippen molar-refractivity contribution < 1.29 is 9.90 Å². The molecule has 0 aliphatic heterocycles. The monoisotopic (exact) mass is 207 g/mol. The Labute approximate surface area is 90.1 Å². The largest absolute Gasteiger partial charge is 0.384 e. The zero-order chi connectivity index (χ0) is 11.5. The van der Waals surface area contributed by atoms with Crippen molar-refractivity contribution in [1.82, 2.24) is 5.32 Å². The molecule has 82 valence electrons. The van der Waals surface area contributed by atoms with Crippen LogP contribution in [0.4, 0.5) is 0 Å². The van der Waals surface area contributed by atoms with Crippen LogP contribution in [-0.2, 0) is 10.4 Å². The number of hydrogen-bond acceptors (Lipinski definition) is 2. The molecule has 1 rings (SSSR count). The Balaban J connectivity index is 2.76. The van der Waals surface area contributed by atoms with Crippen LogP contribution >= 0.6 is 0 Å². The van der Waals surface area contributed by atoms with E-state index in [9.17, 15) is 9.90 Å². The van der Waals surface area contributed by atoms with Gasteiger partial charge in [-0.2, -0.15) is 0 Å². The van der Waals surface area contributed by atoms with Gasteiger partial charge in [0.05, 0.1) is 6.54 Å². The Morgan fingerprint density at radius 2 is 1.93 bits per heavy atom. The smallest absolute Gasteiger partial charge is 0.216 e. The Bertz CT molecular complexity index is 341. The van der Waals surface area contributed by atoms with Gasteiger partial charge in [-0.15, -0.1) is 0 Å². The first-order chi connectivity index (χ1) is 6.92. The lowest BCUT2D eigenvalue weighted by Crippen LogP contribution is -2.37. The second-order valence-corrected chi connectivity index (χ2v) is 4.05. The number of amides is 1. The van der Waals surface area contributed by atoms with Crippen molar-refractivity contribution >= 4 is 5.91 Å². The van der Waals surface area contributed by atoms with Crippen molar-refractivity contribution in [1.29, 1.82) is 0 Å². The summed E-state index contributed by atoms with van der Waals surface area (Å²) in [6.45, 7) is 5.34. The third-order valence-corrected chi connectivity index (χ3v) is 2.36. The lowest BCUT2D eigenvalue weighted by molar-refractivity contribution is -0.120. The quantitative estimate of drug-likeness (QED) is 0.785. The molecule has 0 bridgehead atoms. The maximum atomic E-state index is 10.8. The van der Waals surface area contributed by atoms with Crippen LogP contribution < -0.4 is 5.32 Å². The van der Waals surface area contributed by atoms with Crippen molar-refractivity contribution in [2.24, 2.45) is 0 Å². The molecule has 1 aromatic rings. The van der Waals surface area contributed by atoms with E-state index in [2.05, 4.69) is 5.32 Å². The van der Waals surface area contributed by atoms with Gasteiger partial charge >= 0.3 is 0 Å². The van der Waals surface area contributed by atoms with Crippen LogP contribution in [0.15, 0.2) is 24.3 Å². The van der Waals surface area contributed by atoms with E-state index in [1.807, 2.05) is 31.2 Å². The first-order valence-electron chi connectivity index (χ1n) is 4.96. The molecule has 3 heteroatoms. The molecular formula is C12H17NO2. The highest BCUT2D eigenvalue weighted by Gasteiger charge is 2.22. The van der Waals surface area contributed by atoms with Gasteiger partial charge in [0.2, 0.25) is 5.91 Å². The standard InChI is InChI=1S/C12H17NO2/c1-9-4-6-11(7-5-9)12(3,15)8-13-10(2)14/h4-7,15H,8H2,1-3H3,(H,13,14)/t12-/m0/s1. The number of hydrogen-bond donors (Lipinski definition) is 2. The number of benzene rings is 1. The maximum absolute atomic E-state index is 10.8. The molecule has 1 atom stereocenters. The molecule has 3 nitrogen and oxygen atoms in total. The van der Waals surface area contributed by atoms with E-state index in [0.717, 1.165) is 11.1 Å². The van der Waals surface area contributed by atoms with Gasteiger partial charge in [-0.3, -0.25) is 4.79 Å². The van der Waals surface area contributed by atoms with Gasteiger partial charge < -0.3 is 10.4 Å². The Morgan fingerprint density at radius 1 is 1.40 bits per heavy atom. The summed E-state index contributed by atoms with van der Waals surface area (Å²) in [6.07, 6.45) is 0. The summed E-state index contributed by atoms with van der Waals surface area (Å²) in [7, 11) is 0. The summed E-state index contributed by atoms with van der Waals surface area (Å²) in [4.78, 5) is 10.8. The molecule has 0 radical (unpaired) electrons. The fraction of sp³-hybridized carbons (Fsp3) is 0.417. The predicted octanol–water partition coefficient (Wildman–Crippen LogP) is 1.34. The molecule has 0 heterocycles. The average molecular weight is 207 g/mol. The van der Waals surface area contributed by atoms with E-state index >= 15 is 0 Å². The van der Waals surface area contributed by atoms with Crippen LogP contribution in [-0.4, -0.2) is 17.6 Å². The van der Waals surface area contributed by atoms with Crippen molar-refractivity contribution in [3.05, 3.63) is 35.4 Å². The first-order valence-corrected chi connectivity index (χ1v) is 4.96. The molecule has 0 spiro atoms. The molecule has 0 aliphatic rings. The minimum atomic E-state index is -1.01. The van der Waals surface area contributed by atoms with Crippen LogP contribution in [0.2, 0.25) is 0 Å². The minimum Gasteiger partial charge on any atom is -0.384 e. The van der Waals surface area contributed by atoms with E-state index in [4.69, 9.17) is 0 Å². The zero-order valence-corrected chi connectivity index (χ0v) is 9.37. The minimum absolute atomic E-state index is 0.137. The topological polar surface area (TPSA) is 49.3 Å². The second kappa shape index (κ2) is 4.45. The highest BCUT2D eigenvalue weighted by molar-refractivity contribution is 5.72. The van der Waals surface area contributed by atoms with E-state index in [1.54, 1.807) is 6.92 Å². The molecule has 0 aliphatic carbocycles. The fourth-order valence-electron chi connectivity index (χ4n) is 1.31. The van der Waals surface area contributed by atoms with Crippen molar-refractivity contribution in [2.45, 2.75) is 26.4 Å². The fourth-order valence-corrected chi connectivity index (χ4v) is 1.31. The molecule has 1 aromatic carbocycles. The van der Waals surface area contributed by atoms with Crippen LogP contribution in [0.3, 0.4) is 0 Å². The second-order valence-electron chi connectivity index (χ2n) is 4.05. The van der Waals surface area contributed by atoms with Gasteiger partial charge in [-0.25, -0.2) is 0 Å². The van der Waals surface area contributed by atoms with Crippen LogP contribution in [0.1, 0.15) is 25.0 Å². The number of carbonyl (C=O) groups is 1. The third kappa shape index (κ3) is 3.36. The molecule has 0 fully saturated rings. The summed E-state index contributed by atoms with van der Waals surface area (Å²) < 4.78 is 0. The van der Waals surface area contributed by atoms with Gasteiger partial charge in [0.1, 0.15) is 5.60 Å². The molecule has 0 aromatic heterocycles. The van der Waals surface area contributed by atoms with E-state index in [0.29, 0.717) is 0 Å². The molecule has 1 amide bonds. The molecule has 0 saturated heterocycles. The van der Waals surface area contributed by atoms with E-state index in [1.165, 1.54) is 6.92 Å². The molecule has 0 saturated carbocycles. The number of carbonyl (C=O) groups excluding carboxylic acids is 1. The Hall–Kier alpha value is -1.35. The van der Waals surface area contributed by atoms with Crippen molar-refractivity contribution in [3.8, 4) is 0 Å². The van der Waals surface area contributed by atoms with Crippen LogP contribution in [0.5, 0.6) is 0 Å². The van der Waals surface area contributed by atoms with Gasteiger partial charge in [0.15, 0.2) is 0 Å². The molecule has 15 heavy (non-hydrogen) atoms. The van der Waals surface area contributed by atoms with Crippen molar-refractivity contribution in [2.75, 3.05) is 6.54 Å². The average Bonchev–Trinajstić information content (AvgIpc) is 2.16. The summed E-state index contributed by atoms with van der Waals surface area (Å²) in [5.41, 5.74) is 0.940. The third-order valence-electron chi connectivity index (χ3n) is 2.36. The van der Waals surface area contributed by atoms with Gasteiger partial charge in [-0.1, -0.05) is 29.8 Å². The van der Waals surface area contributed by atoms with Crippen LogP contribution in [0, 0.1) is 6.92 Å². The summed E-state index contributed by atoms with van der Waals surface area (Å²) in [5, 5.41) is 12.7. The van der Waals surface area contributed by atoms with Gasteiger partial charge in [-0.05, 0) is 19.4 Å². The normalized spacial score (nSPS) is 14.4. The Morgan fingerprint density at radius 3 is 2.40 bits per heavy atom. The lowest BCUT2D eigenvalue weighted by atomic mass is 9.95. The summed E-state index contributed by atoms with van der Waals surface area (Å²) in [6, 6.07) is 7.63. The Kier molecular flexibility index (Phi) is 3.48. The number of rotatable bonds is 3. The van der Waals surface area contributed by atoms with Crippen molar-refractivity contribution in [3.63, 3.8) is 0 Å². The predicted molar refractivity (Wildman–Crippen MR) is 59.4 cm³/mol. The zero-order valence-electron chi connectivity index (χ0n) is 9.37. The highest BCUT2D eigenvalue weighted by atomic mass is 16.3. The molecular weight excluding hydrogens is 190 g/mol. The number of nitrogens with one attached hydrogen (secondary N) is 1. The van der Waals surface area contributed by atoms with Gasteiger partial charge in [0.25, 0.3) is 0 Å². The van der Waals surface area contributed by atoms with Gasteiger partial charge in [0, 0.05) is 6.92 Å². The SMILES string of the molecule is CC(=O)NC[C@](C)(O)c1ccc(C)cc1. The molecule has 2 N–H and O–H groups in total. The molecule has 0 unspecified atom stereocenters. The summed E-state index contributed by atoms with van der Waals surface area (Å²) in [5.74, 6) is -0.137. The number of aliphatic hydroxyl groups is 1.